The Morgan fingerprint density at radius 2 is 2.00 bits per heavy atom. The molecule has 0 fully saturated rings. The number of nitrogens with zero attached hydrogens (tertiary/aromatic N) is 1. The number of hydrogen-bond donors (Lipinski definition) is 1. The molecule has 5 nitrogen and oxygen atoms in total. The molecular weight excluding hydrogens is 196 g/mol. The number of hydrogen-bond acceptors (Lipinski definition) is 4. The molecule has 1 unspecified atom stereocenters. The number of esters is 1. The van der Waals surface area contributed by atoms with E-state index in [1.54, 1.807) is 14.0 Å². The summed E-state index contributed by atoms with van der Waals surface area (Å²) in [4.78, 5) is 24.2. The lowest BCUT2D eigenvalue weighted by atomic mass is 10.1. The molecule has 0 heterocycles. The Hall–Kier alpha value is -1.10. The molecule has 0 rings (SSSR count). The van der Waals surface area contributed by atoms with Gasteiger partial charge in [0, 0.05) is 13.6 Å². The van der Waals surface area contributed by atoms with Crippen LogP contribution in [0, 0.1) is 5.92 Å². The van der Waals surface area contributed by atoms with Gasteiger partial charge in [-0.25, -0.2) is 0 Å². The van der Waals surface area contributed by atoms with E-state index < -0.39 is 6.04 Å². The van der Waals surface area contributed by atoms with Gasteiger partial charge in [-0.15, -0.1) is 0 Å². The van der Waals surface area contributed by atoms with Crippen LogP contribution in [0.5, 0.6) is 0 Å². The first-order valence-electron chi connectivity index (χ1n) is 5.02. The Morgan fingerprint density at radius 3 is 2.40 bits per heavy atom. The number of methoxy groups -OCH3 is 1. The predicted molar refractivity (Wildman–Crippen MR) is 57.1 cm³/mol. The third-order valence-electron chi connectivity index (χ3n) is 2.28. The molecule has 0 aromatic carbocycles. The standard InChI is InChI=1S/C10H20N2O3/c1-5-8(11)9(13)12(3)6-7(2)10(14)15-4/h7-8H,5-6,11H2,1-4H3/t7?,8-/m1/s1. The van der Waals surface area contributed by atoms with Crippen LogP contribution in [0.1, 0.15) is 20.3 Å². The minimum atomic E-state index is -0.486. The molecule has 0 radical (unpaired) electrons. The molecule has 0 bridgehead atoms. The fourth-order valence-electron chi connectivity index (χ4n) is 1.23. The molecule has 0 saturated heterocycles. The second kappa shape index (κ2) is 6.40. The molecule has 5 heteroatoms. The van der Waals surface area contributed by atoms with E-state index in [1.165, 1.54) is 12.0 Å². The first kappa shape index (κ1) is 13.9. The second-order valence-corrected chi connectivity index (χ2v) is 3.66. The molecule has 0 aromatic heterocycles. The van der Waals surface area contributed by atoms with Gasteiger partial charge in [0.15, 0.2) is 0 Å². The molecule has 0 aliphatic carbocycles. The third-order valence-corrected chi connectivity index (χ3v) is 2.28. The second-order valence-electron chi connectivity index (χ2n) is 3.66. The van der Waals surface area contributed by atoms with Gasteiger partial charge in [-0.2, -0.15) is 0 Å². The minimum Gasteiger partial charge on any atom is -0.469 e. The van der Waals surface area contributed by atoms with Crippen molar-refractivity contribution in [3.8, 4) is 0 Å². The summed E-state index contributed by atoms with van der Waals surface area (Å²) < 4.78 is 4.57. The number of carbonyl (C=O) groups is 2. The number of nitrogens with two attached hydrogens (primary N) is 1. The topological polar surface area (TPSA) is 72.6 Å². The van der Waals surface area contributed by atoms with E-state index in [-0.39, 0.29) is 17.8 Å². The van der Waals surface area contributed by atoms with Crippen molar-refractivity contribution in [1.82, 2.24) is 4.90 Å². The maximum Gasteiger partial charge on any atom is 0.310 e. The van der Waals surface area contributed by atoms with Crippen LogP contribution in [0.3, 0.4) is 0 Å². The fourth-order valence-corrected chi connectivity index (χ4v) is 1.23. The zero-order chi connectivity index (χ0) is 12.0. The highest BCUT2D eigenvalue weighted by atomic mass is 16.5. The summed E-state index contributed by atoms with van der Waals surface area (Å²) in [5, 5.41) is 0. The van der Waals surface area contributed by atoms with Gasteiger partial charge in [0.05, 0.1) is 19.1 Å². The molecule has 0 spiro atoms. The highest BCUT2D eigenvalue weighted by molar-refractivity contribution is 5.82. The van der Waals surface area contributed by atoms with Gasteiger partial charge in [-0.3, -0.25) is 9.59 Å². The Balaban J connectivity index is 4.18. The monoisotopic (exact) mass is 216 g/mol. The molecule has 0 aliphatic rings. The van der Waals surface area contributed by atoms with Crippen LogP contribution < -0.4 is 5.73 Å². The van der Waals surface area contributed by atoms with Crippen molar-refractivity contribution in [2.24, 2.45) is 11.7 Å². The van der Waals surface area contributed by atoms with Crippen LogP contribution in [-0.4, -0.2) is 43.5 Å². The molecule has 15 heavy (non-hydrogen) atoms. The van der Waals surface area contributed by atoms with E-state index in [4.69, 9.17) is 5.73 Å². The van der Waals surface area contributed by atoms with Gasteiger partial charge >= 0.3 is 5.97 Å². The van der Waals surface area contributed by atoms with Gasteiger partial charge in [0.1, 0.15) is 0 Å². The predicted octanol–water partition coefficient (Wildman–Crippen LogP) is -0.00880. The van der Waals surface area contributed by atoms with Crippen molar-refractivity contribution in [2.45, 2.75) is 26.3 Å². The van der Waals surface area contributed by atoms with Crippen LogP contribution in [0.25, 0.3) is 0 Å². The Bertz CT molecular complexity index is 231. The molecule has 0 aliphatic heterocycles. The smallest absolute Gasteiger partial charge is 0.310 e. The molecule has 2 N–H and O–H groups in total. The number of carbonyl (C=O) groups excluding carboxylic acids is 2. The Morgan fingerprint density at radius 1 is 1.47 bits per heavy atom. The van der Waals surface area contributed by atoms with Gasteiger partial charge in [0.2, 0.25) is 5.91 Å². The third kappa shape index (κ3) is 4.29. The quantitative estimate of drug-likeness (QED) is 0.656. The van der Waals surface area contributed by atoms with Crippen LogP contribution in [0.2, 0.25) is 0 Å². The van der Waals surface area contributed by atoms with E-state index in [1.807, 2.05) is 6.92 Å². The van der Waals surface area contributed by atoms with Crippen molar-refractivity contribution in [1.29, 1.82) is 0 Å². The number of likely N-dealkylation sites (N-methyl/N-ethyl adjacent to an activating group) is 1. The van der Waals surface area contributed by atoms with Crippen molar-refractivity contribution < 1.29 is 14.3 Å². The Labute approximate surface area is 90.6 Å². The van der Waals surface area contributed by atoms with Crippen molar-refractivity contribution in [3.63, 3.8) is 0 Å². The minimum absolute atomic E-state index is 0.145. The lowest BCUT2D eigenvalue weighted by Gasteiger charge is -2.22. The lowest BCUT2D eigenvalue weighted by Crippen LogP contribution is -2.43. The van der Waals surface area contributed by atoms with Gasteiger partial charge in [0.25, 0.3) is 0 Å². The van der Waals surface area contributed by atoms with E-state index in [2.05, 4.69) is 4.74 Å². The van der Waals surface area contributed by atoms with E-state index in [9.17, 15) is 9.59 Å². The summed E-state index contributed by atoms with van der Waals surface area (Å²) in [6, 6.07) is -0.486. The normalized spacial score (nSPS) is 14.2. The Kier molecular flexibility index (Phi) is 5.93. The number of amides is 1. The van der Waals surface area contributed by atoms with Crippen LogP contribution >= 0.6 is 0 Å². The van der Waals surface area contributed by atoms with Gasteiger partial charge in [-0.1, -0.05) is 13.8 Å². The van der Waals surface area contributed by atoms with Crippen molar-refractivity contribution in [2.75, 3.05) is 20.7 Å². The van der Waals surface area contributed by atoms with Crippen LogP contribution in [0.15, 0.2) is 0 Å². The van der Waals surface area contributed by atoms with Crippen molar-refractivity contribution >= 4 is 11.9 Å². The zero-order valence-corrected chi connectivity index (χ0v) is 9.82. The molecular formula is C10H20N2O3. The summed E-state index contributed by atoms with van der Waals surface area (Å²) in [6.07, 6.45) is 0.593. The van der Waals surface area contributed by atoms with Crippen LogP contribution in [-0.2, 0) is 14.3 Å². The summed E-state index contributed by atoms with van der Waals surface area (Å²) in [5.74, 6) is -0.791. The average Bonchev–Trinajstić information content (AvgIpc) is 2.25. The summed E-state index contributed by atoms with van der Waals surface area (Å²) in [7, 11) is 2.97. The maximum absolute atomic E-state index is 11.6. The molecule has 88 valence electrons. The van der Waals surface area contributed by atoms with E-state index in [0.717, 1.165) is 0 Å². The first-order chi connectivity index (χ1) is 6.93. The SMILES string of the molecule is CC[C@@H](N)C(=O)N(C)CC(C)C(=O)OC. The molecule has 0 aromatic rings. The lowest BCUT2D eigenvalue weighted by molar-refractivity contribution is -0.146. The molecule has 2 atom stereocenters. The maximum atomic E-state index is 11.6. The number of rotatable bonds is 5. The summed E-state index contributed by atoms with van der Waals surface area (Å²) >= 11 is 0. The van der Waals surface area contributed by atoms with Gasteiger partial charge in [-0.05, 0) is 6.42 Å². The largest absolute Gasteiger partial charge is 0.469 e. The van der Waals surface area contributed by atoms with Crippen LogP contribution in [0.4, 0.5) is 0 Å². The van der Waals surface area contributed by atoms with E-state index in [0.29, 0.717) is 13.0 Å². The highest BCUT2D eigenvalue weighted by Crippen LogP contribution is 2.02. The first-order valence-corrected chi connectivity index (χ1v) is 5.02. The average molecular weight is 216 g/mol. The highest BCUT2D eigenvalue weighted by Gasteiger charge is 2.21. The fraction of sp³-hybridized carbons (Fsp3) is 0.800. The molecule has 1 amide bonds. The molecule has 0 saturated carbocycles. The summed E-state index contributed by atoms with van der Waals surface area (Å²) in [6.45, 7) is 3.90. The van der Waals surface area contributed by atoms with Gasteiger partial charge < -0.3 is 15.4 Å². The summed E-state index contributed by atoms with van der Waals surface area (Å²) in [5.41, 5.74) is 5.59. The van der Waals surface area contributed by atoms with E-state index >= 15 is 0 Å². The number of ether oxygens (including phenoxy) is 1. The zero-order valence-electron chi connectivity index (χ0n) is 9.82. The van der Waals surface area contributed by atoms with Crippen molar-refractivity contribution in [3.05, 3.63) is 0 Å².